The van der Waals surface area contributed by atoms with Crippen LogP contribution in [0.5, 0.6) is 0 Å². The molecule has 8 nitrogen and oxygen atoms in total. The number of amides is 1. The first-order valence-electron chi connectivity index (χ1n) is 9.46. The SMILES string of the molecule is COCCN(C(=O)CSc1ccc(Br)cc1C)c1c(N)n(CC(C)C)c(=O)[nH]c1=O. The third-order valence-corrected chi connectivity index (χ3v) is 5.99. The van der Waals surface area contributed by atoms with Crippen molar-refractivity contribution in [2.75, 3.05) is 36.6 Å². The number of aryl methyl sites for hydroxylation is 1. The molecule has 1 heterocycles. The number of nitrogen functional groups attached to an aromatic ring is 1. The maximum absolute atomic E-state index is 13.1. The van der Waals surface area contributed by atoms with Crippen LogP contribution in [0.1, 0.15) is 19.4 Å². The van der Waals surface area contributed by atoms with Crippen LogP contribution in [0.25, 0.3) is 0 Å². The Hall–Kier alpha value is -2.04. The van der Waals surface area contributed by atoms with E-state index in [1.807, 2.05) is 39.0 Å². The van der Waals surface area contributed by atoms with Crippen molar-refractivity contribution >= 4 is 45.1 Å². The van der Waals surface area contributed by atoms with Crippen molar-refractivity contribution in [3.63, 3.8) is 0 Å². The minimum atomic E-state index is -0.688. The lowest BCUT2D eigenvalue weighted by molar-refractivity contribution is -0.116. The van der Waals surface area contributed by atoms with Gasteiger partial charge in [-0.3, -0.25) is 19.1 Å². The number of benzene rings is 1. The van der Waals surface area contributed by atoms with E-state index in [4.69, 9.17) is 10.5 Å². The molecule has 10 heteroatoms. The molecule has 0 saturated carbocycles. The van der Waals surface area contributed by atoms with Gasteiger partial charge in [0.25, 0.3) is 5.56 Å². The average molecular weight is 499 g/mol. The van der Waals surface area contributed by atoms with Crippen LogP contribution in [0.2, 0.25) is 0 Å². The molecule has 0 radical (unpaired) electrons. The number of ether oxygens (including phenoxy) is 1. The lowest BCUT2D eigenvalue weighted by atomic mass is 10.2. The second kappa shape index (κ2) is 10.8. The summed E-state index contributed by atoms with van der Waals surface area (Å²) in [4.78, 5) is 42.4. The monoisotopic (exact) mass is 498 g/mol. The third-order valence-electron chi connectivity index (χ3n) is 4.34. The first-order chi connectivity index (χ1) is 14.1. The quantitative estimate of drug-likeness (QED) is 0.514. The van der Waals surface area contributed by atoms with E-state index in [-0.39, 0.29) is 42.2 Å². The van der Waals surface area contributed by atoms with Crippen molar-refractivity contribution in [3.05, 3.63) is 49.1 Å². The molecule has 1 aromatic heterocycles. The predicted octanol–water partition coefficient (Wildman–Crippen LogP) is 2.62. The molecule has 0 fully saturated rings. The molecule has 0 aliphatic carbocycles. The topological polar surface area (TPSA) is 110 Å². The van der Waals surface area contributed by atoms with Crippen molar-refractivity contribution in [3.8, 4) is 0 Å². The van der Waals surface area contributed by atoms with Crippen LogP contribution in [-0.4, -0.2) is 41.5 Å². The van der Waals surface area contributed by atoms with Gasteiger partial charge in [0, 0.05) is 29.6 Å². The molecule has 2 rings (SSSR count). The maximum atomic E-state index is 13.1. The van der Waals surface area contributed by atoms with Crippen LogP contribution in [0.15, 0.2) is 37.2 Å². The summed E-state index contributed by atoms with van der Waals surface area (Å²) in [6.45, 7) is 6.51. The third kappa shape index (κ3) is 5.99. The fraction of sp³-hybridized carbons (Fsp3) is 0.450. The number of carbonyl (C=O) groups excluding carboxylic acids is 1. The Kier molecular flexibility index (Phi) is 8.75. The largest absolute Gasteiger partial charge is 0.383 e. The zero-order valence-corrected chi connectivity index (χ0v) is 19.9. The Morgan fingerprint density at radius 3 is 2.67 bits per heavy atom. The van der Waals surface area contributed by atoms with E-state index in [1.54, 1.807) is 0 Å². The van der Waals surface area contributed by atoms with Crippen molar-refractivity contribution < 1.29 is 9.53 Å². The van der Waals surface area contributed by atoms with Gasteiger partial charge in [-0.1, -0.05) is 29.8 Å². The normalized spacial score (nSPS) is 11.1. The van der Waals surface area contributed by atoms with E-state index >= 15 is 0 Å². The summed E-state index contributed by atoms with van der Waals surface area (Å²) < 4.78 is 7.36. The Balaban J connectivity index is 2.38. The van der Waals surface area contributed by atoms with Gasteiger partial charge in [-0.15, -0.1) is 11.8 Å². The van der Waals surface area contributed by atoms with Crippen LogP contribution in [0, 0.1) is 12.8 Å². The van der Waals surface area contributed by atoms with E-state index < -0.39 is 11.2 Å². The molecule has 0 aliphatic rings. The van der Waals surface area contributed by atoms with Crippen LogP contribution in [0.4, 0.5) is 11.5 Å². The van der Waals surface area contributed by atoms with Crippen LogP contribution >= 0.6 is 27.7 Å². The number of aromatic nitrogens is 2. The fourth-order valence-corrected chi connectivity index (χ4v) is 4.28. The van der Waals surface area contributed by atoms with E-state index in [1.165, 1.54) is 28.3 Å². The van der Waals surface area contributed by atoms with Gasteiger partial charge in [-0.25, -0.2) is 4.79 Å². The minimum absolute atomic E-state index is 0.0216. The Morgan fingerprint density at radius 2 is 2.07 bits per heavy atom. The summed E-state index contributed by atoms with van der Waals surface area (Å²) in [6.07, 6.45) is 0. The number of anilines is 2. The number of nitrogens with zero attached hydrogens (tertiary/aromatic N) is 2. The van der Waals surface area contributed by atoms with E-state index in [9.17, 15) is 14.4 Å². The number of halogens is 1. The van der Waals surface area contributed by atoms with E-state index in [0.717, 1.165) is 14.9 Å². The number of H-pyrrole nitrogens is 1. The minimum Gasteiger partial charge on any atom is -0.383 e. The summed E-state index contributed by atoms with van der Waals surface area (Å²) in [5.74, 6) is -0.0881. The molecule has 0 saturated heterocycles. The van der Waals surface area contributed by atoms with Gasteiger partial charge in [0.1, 0.15) is 5.82 Å². The van der Waals surface area contributed by atoms with Crippen molar-refractivity contribution in [2.45, 2.75) is 32.2 Å². The summed E-state index contributed by atoms with van der Waals surface area (Å²) >= 11 is 4.80. The van der Waals surface area contributed by atoms with Gasteiger partial charge in [-0.05, 0) is 36.6 Å². The second-order valence-corrected chi connectivity index (χ2v) is 9.17. The molecule has 0 aliphatic heterocycles. The molecule has 0 bridgehead atoms. The highest BCUT2D eigenvalue weighted by Gasteiger charge is 2.24. The first-order valence-corrected chi connectivity index (χ1v) is 11.2. The molecule has 1 amide bonds. The molecule has 1 aromatic carbocycles. The summed E-state index contributed by atoms with van der Waals surface area (Å²) in [5, 5.41) is 0. The lowest BCUT2D eigenvalue weighted by Gasteiger charge is -2.24. The summed E-state index contributed by atoms with van der Waals surface area (Å²) in [7, 11) is 1.51. The highest BCUT2D eigenvalue weighted by Crippen LogP contribution is 2.26. The summed E-state index contributed by atoms with van der Waals surface area (Å²) in [5.41, 5.74) is 5.92. The van der Waals surface area contributed by atoms with Crippen LogP contribution in [-0.2, 0) is 16.1 Å². The number of hydrogen-bond acceptors (Lipinski definition) is 6. The van der Waals surface area contributed by atoms with E-state index in [2.05, 4.69) is 20.9 Å². The van der Waals surface area contributed by atoms with Gasteiger partial charge in [0.05, 0.1) is 12.4 Å². The van der Waals surface area contributed by atoms with E-state index in [0.29, 0.717) is 6.54 Å². The number of nitrogens with one attached hydrogen (secondary N) is 1. The molecule has 30 heavy (non-hydrogen) atoms. The zero-order chi connectivity index (χ0) is 22.4. The lowest BCUT2D eigenvalue weighted by Crippen LogP contribution is -2.43. The standard InChI is InChI=1S/C20H27BrN4O4S/c1-12(2)10-25-18(22)17(19(27)23-20(25)28)24(7-8-29-4)16(26)11-30-15-6-5-14(21)9-13(15)3/h5-6,9,12H,7-8,10-11,22H2,1-4H3,(H,23,27,28). The molecule has 2 aromatic rings. The van der Waals surface area contributed by atoms with Gasteiger partial charge in [0.15, 0.2) is 5.69 Å². The van der Waals surface area contributed by atoms with Crippen LogP contribution in [0.3, 0.4) is 0 Å². The van der Waals surface area contributed by atoms with Crippen LogP contribution < -0.4 is 21.9 Å². The second-order valence-electron chi connectivity index (χ2n) is 7.23. The number of aromatic amines is 1. The Bertz CT molecular complexity index is 1020. The van der Waals surface area contributed by atoms with Crippen molar-refractivity contribution in [1.82, 2.24) is 9.55 Å². The number of nitrogens with two attached hydrogens (primary N) is 1. The van der Waals surface area contributed by atoms with Gasteiger partial charge < -0.3 is 15.4 Å². The molecular formula is C20H27BrN4O4S. The number of thioether (sulfide) groups is 1. The number of rotatable bonds is 9. The zero-order valence-electron chi connectivity index (χ0n) is 17.5. The summed E-state index contributed by atoms with van der Waals surface area (Å²) in [6, 6.07) is 5.81. The van der Waals surface area contributed by atoms with Gasteiger partial charge in [0.2, 0.25) is 5.91 Å². The molecule has 3 N–H and O–H groups in total. The average Bonchev–Trinajstić information content (AvgIpc) is 2.66. The molecule has 0 atom stereocenters. The van der Waals surface area contributed by atoms with Crippen molar-refractivity contribution in [1.29, 1.82) is 0 Å². The van der Waals surface area contributed by atoms with Gasteiger partial charge >= 0.3 is 5.69 Å². The first kappa shape index (κ1) is 24.2. The maximum Gasteiger partial charge on any atom is 0.330 e. The number of methoxy groups -OCH3 is 1. The molecular weight excluding hydrogens is 472 g/mol. The number of hydrogen-bond donors (Lipinski definition) is 2. The molecule has 0 spiro atoms. The molecule has 164 valence electrons. The highest BCUT2D eigenvalue weighted by molar-refractivity contribution is 9.10. The Labute approximate surface area is 187 Å². The van der Waals surface area contributed by atoms with Crippen molar-refractivity contribution in [2.24, 2.45) is 5.92 Å². The highest BCUT2D eigenvalue weighted by atomic mass is 79.9. The predicted molar refractivity (Wildman–Crippen MR) is 124 cm³/mol. The Morgan fingerprint density at radius 1 is 1.37 bits per heavy atom. The fourth-order valence-electron chi connectivity index (χ4n) is 2.92. The van der Waals surface area contributed by atoms with Gasteiger partial charge in [-0.2, -0.15) is 0 Å². The smallest absolute Gasteiger partial charge is 0.330 e. The molecule has 0 unspecified atom stereocenters. The number of carbonyl (C=O) groups is 1.